The highest BCUT2D eigenvalue weighted by Crippen LogP contribution is 2.24. The van der Waals surface area contributed by atoms with Gasteiger partial charge in [-0.2, -0.15) is 0 Å². The summed E-state index contributed by atoms with van der Waals surface area (Å²) in [6.07, 6.45) is 1.23. The molecule has 7 nitrogen and oxygen atoms in total. The summed E-state index contributed by atoms with van der Waals surface area (Å²) in [5, 5.41) is 3.59. The van der Waals surface area contributed by atoms with Crippen LogP contribution in [0.5, 0.6) is 0 Å². The van der Waals surface area contributed by atoms with Gasteiger partial charge in [-0.15, -0.1) is 0 Å². The first-order valence-electron chi connectivity index (χ1n) is 11.4. The van der Waals surface area contributed by atoms with Gasteiger partial charge in [0.25, 0.3) is 0 Å². The highest BCUT2D eigenvalue weighted by molar-refractivity contribution is 7.92. The van der Waals surface area contributed by atoms with Crippen molar-refractivity contribution in [2.75, 3.05) is 17.1 Å². The Morgan fingerprint density at radius 3 is 2.19 bits per heavy atom. The topological polar surface area (TPSA) is 86.8 Å². The third-order valence-corrected chi connectivity index (χ3v) is 7.20. The number of hydrogen-bond acceptors (Lipinski definition) is 4. The van der Waals surface area contributed by atoms with E-state index in [0.29, 0.717) is 21.3 Å². The normalized spacial score (nSPS) is 12.7. The second-order valence-corrected chi connectivity index (χ2v) is 12.3. The second-order valence-electron chi connectivity index (χ2n) is 9.60. The predicted octanol–water partition coefficient (Wildman–Crippen LogP) is 5.01. The zero-order chi connectivity index (χ0) is 27.3. The summed E-state index contributed by atoms with van der Waals surface area (Å²) in [5.74, 6) is -1.13. The molecule has 0 heterocycles. The summed E-state index contributed by atoms with van der Waals surface area (Å²) < 4.78 is 39.1. The summed E-state index contributed by atoms with van der Waals surface area (Å²) in [6.45, 7) is 7.30. The molecule has 0 saturated heterocycles. The van der Waals surface area contributed by atoms with Crippen molar-refractivity contribution in [2.45, 2.75) is 58.7 Å². The van der Waals surface area contributed by atoms with Crippen LogP contribution in [0.4, 0.5) is 10.1 Å². The number of carbonyl (C=O) groups excluding carboxylic acids is 2. The van der Waals surface area contributed by atoms with E-state index in [4.69, 9.17) is 23.2 Å². The largest absolute Gasteiger partial charge is 0.350 e. The molecule has 2 aromatic carbocycles. The number of carbonyl (C=O) groups is 2. The molecule has 2 rings (SSSR count). The zero-order valence-electron chi connectivity index (χ0n) is 21.0. The molecule has 2 aromatic rings. The molecule has 1 atom stereocenters. The maximum Gasteiger partial charge on any atom is 0.242 e. The third-order valence-electron chi connectivity index (χ3n) is 5.27. The van der Waals surface area contributed by atoms with Crippen LogP contribution in [-0.2, 0) is 26.2 Å². The van der Waals surface area contributed by atoms with E-state index in [-0.39, 0.29) is 37.7 Å². The fraction of sp³-hybridized carbons (Fsp3) is 0.440. The molecule has 0 radical (unpaired) electrons. The Hall–Kier alpha value is -2.36. The lowest BCUT2D eigenvalue weighted by atomic mass is 10.1. The summed E-state index contributed by atoms with van der Waals surface area (Å²) >= 11 is 12.1. The Balaban J connectivity index is 2.21. The Morgan fingerprint density at radius 2 is 1.67 bits per heavy atom. The standard InChI is InChI=1S/C25H32Cl2FN3O4S/c1-17(24(33)29-25(2,3)4)30(16-18-8-13-21(26)22(27)15-18)23(32)7-6-14-31(36(5,34)35)20-11-9-19(28)10-12-20/h8-13,15,17H,6-7,14,16H2,1-5H3,(H,29,33)/t17-/m1/s1. The number of hydrogen-bond donors (Lipinski definition) is 1. The van der Waals surface area contributed by atoms with E-state index in [2.05, 4.69) is 5.32 Å². The van der Waals surface area contributed by atoms with E-state index < -0.39 is 27.4 Å². The van der Waals surface area contributed by atoms with Crippen molar-refractivity contribution in [3.05, 3.63) is 63.9 Å². The van der Waals surface area contributed by atoms with Crippen LogP contribution >= 0.6 is 23.2 Å². The Labute approximate surface area is 222 Å². The lowest BCUT2D eigenvalue weighted by Crippen LogP contribution is -2.52. The molecule has 198 valence electrons. The molecule has 0 bridgehead atoms. The first-order valence-corrected chi connectivity index (χ1v) is 14.0. The average Bonchev–Trinajstić information content (AvgIpc) is 2.75. The Morgan fingerprint density at radius 1 is 1.06 bits per heavy atom. The van der Waals surface area contributed by atoms with Crippen molar-refractivity contribution >= 4 is 50.7 Å². The summed E-state index contributed by atoms with van der Waals surface area (Å²) in [4.78, 5) is 27.6. The van der Waals surface area contributed by atoms with Crippen molar-refractivity contribution in [1.82, 2.24) is 10.2 Å². The average molecular weight is 561 g/mol. The molecule has 2 amide bonds. The van der Waals surface area contributed by atoms with Gasteiger partial charge in [-0.05, 0) is 76.1 Å². The Kier molecular flexibility index (Phi) is 10.2. The van der Waals surface area contributed by atoms with E-state index in [9.17, 15) is 22.4 Å². The molecule has 0 saturated carbocycles. The molecule has 0 aromatic heterocycles. The van der Waals surface area contributed by atoms with Crippen LogP contribution in [0.3, 0.4) is 0 Å². The maximum atomic E-state index is 13.3. The molecule has 1 N–H and O–H groups in total. The van der Waals surface area contributed by atoms with Gasteiger partial charge in [0.1, 0.15) is 11.9 Å². The van der Waals surface area contributed by atoms with Crippen LogP contribution < -0.4 is 9.62 Å². The predicted molar refractivity (Wildman–Crippen MR) is 142 cm³/mol. The molecule has 0 unspecified atom stereocenters. The SMILES string of the molecule is C[C@H](C(=O)NC(C)(C)C)N(Cc1ccc(Cl)c(Cl)c1)C(=O)CCCN(c1ccc(F)cc1)S(C)(=O)=O. The van der Waals surface area contributed by atoms with E-state index in [1.807, 2.05) is 20.8 Å². The molecule has 0 aliphatic heterocycles. The van der Waals surface area contributed by atoms with Crippen LogP contribution in [0, 0.1) is 5.82 Å². The molecule has 0 spiro atoms. The molecule has 0 aliphatic carbocycles. The third kappa shape index (κ3) is 8.94. The number of rotatable bonds is 10. The summed E-state index contributed by atoms with van der Waals surface area (Å²) in [5.41, 5.74) is 0.503. The van der Waals surface area contributed by atoms with Gasteiger partial charge in [-0.1, -0.05) is 29.3 Å². The van der Waals surface area contributed by atoms with Crippen LogP contribution in [-0.4, -0.2) is 49.5 Å². The molecule has 0 aliphatic rings. The molecule has 0 fully saturated rings. The van der Waals surface area contributed by atoms with Crippen molar-refractivity contribution in [2.24, 2.45) is 0 Å². The van der Waals surface area contributed by atoms with Crippen molar-refractivity contribution in [3.63, 3.8) is 0 Å². The first-order chi connectivity index (χ1) is 16.6. The van der Waals surface area contributed by atoms with Gasteiger partial charge in [0.05, 0.1) is 22.0 Å². The fourth-order valence-corrected chi connectivity index (χ4v) is 4.79. The van der Waals surface area contributed by atoms with Crippen LogP contribution in [0.1, 0.15) is 46.1 Å². The molecule has 36 heavy (non-hydrogen) atoms. The lowest BCUT2D eigenvalue weighted by molar-refractivity contribution is -0.141. The molecule has 11 heteroatoms. The summed E-state index contributed by atoms with van der Waals surface area (Å²) in [6, 6.07) is 9.27. The number of benzene rings is 2. The second kappa shape index (κ2) is 12.3. The highest BCUT2D eigenvalue weighted by Gasteiger charge is 2.28. The number of amides is 2. The van der Waals surface area contributed by atoms with Gasteiger partial charge in [0.15, 0.2) is 0 Å². The highest BCUT2D eigenvalue weighted by atomic mass is 35.5. The van der Waals surface area contributed by atoms with Gasteiger partial charge >= 0.3 is 0 Å². The number of nitrogens with zero attached hydrogens (tertiary/aromatic N) is 2. The van der Waals surface area contributed by atoms with Crippen LogP contribution in [0.25, 0.3) is 0 Å². The minimum absolute atomic E-state index is 0.0122. The van der Waals surface area contributed by atoms with Crippen molar-refractivity contribution in [3.8, 4) is 0 Å². The molecular weight excluding hydrogens is 528 g/mol. The minimum atomic E-state index is -3.66. The fourth-order valence-electron chi connectivity index (χ4n) is 3.50. The molecular formula is C25H32Cl2FN3O4S. The first kappa shape index (κ1) is 29.9. The van der Waals surface area contributed by atoms with Crippen molar-refractivity contribution < 1.29 is 22.4 Å². The number of nitrogens with one attached hydrogen (secondary N) is 1. The summed E-state index contributed by atoms with van der Waals surface area (Å²) in [7, 11) is -3.66. The van der Waals surface area contributed by atoms with Gasteiger partial charge in [-0.25, -0.2) is 12.8 Å². The van der Waals surface area contributed by atoms with E-state index in [1.54, 1.807) is 25.1 Å². The van der Waals surface area contributed by atoms with Crippen LogP contribution in [0.2, 0.25) is 10.0 Å². The number of sulfonamides is 1. The van der Waals surface area contributed by atoms with Gasteiger partial charge in [0.2, 0.25) is 21.8 Å². The Bertz CT molecular complexity index is 1180. The minimum Gasteiger partial charge on any atom is -0.350 e. The smallest absolute Gasteiger partial charge is 0.242 e. The monoisotopic (exact) mass is 559 g/mol. The van der Waals surface area contributed by atoms with Crippen LogP contribution in [0.15, 0.2) is 42.5 Å². The maximum absolute atomic E-state index is 13.3. The van der Waals surface area contributed by atoms with E-state index >= 15 is 0 Å². The van der Waals surface area contributed by atoms with Crippen molar-refractivity contribution in [1.29, 1.82) is 0 Å². The van der Waals surface area contributed by atoms with E-state index in [0.717, 1.165) is 10.6 Å². The van der Waals surface area contributed by atoms with Gasteiger partial charge in [0, 0.05) is 25.0 Å². The lowest BCUT2D eigenvalue weighted by Gasteiger charge is -2.32. The number of halogens is 3. The number of anilines is 1. The van der Waals surface area contributed by atoms with E-state index in [1.165, 1.54) is 29.2 Å². The van der Waals surface area contributed by atoms with Gasteiger partial charge in [-0.3, -0.25) is 13.9 Å². The zero-order valence-corrected chi connectivity index (χ0v) is 23.3. The quantitative estimate of drug-likeness (QED) is 0.443. The van der Waals surface area contributed by atoms with Gasteiger partial charge < -0.3 is 10.2 Å².